The van der Waals surface area contributed by atoms with Crippen LogP contribution < -0.4 is 4.74 Å². The summed E-state index contributed by atoms with van der Waals surface area (Å²) in [7, 11) is 1.67. The molecule has 0 N–H and O–H groups in total. The van der Waals surface area contributed by atoms with Crippen LogP contribution in [-0.4, -0.2) is 31.7 Å². The number of hydrogen-bond donors (Lipinski definition) is 0. The highest BCUT2D eigenvalue weighted by Gasteiger charge is 2.22. The summed E-state index contributed by atoms with van der Waals surface area (Å²) in [5.41, 5.74) is 2.28. The van der Waals surface area contributed by atoms with Crippen LogP contribution in [0.2, 0.25) is 0 Å². The second kappa shape index (κ2) is 6.90. The van der Waals surface area contributed by atoms with Gasteiger partial charge in [-0.15, -0.1) is 0 Å². The zero-order valence-electron chi connectivity index (χ0n) is 12.7. The molecule has 22 heavy (non-hydrogen) atoms. The molecular weight excluding hydrogens is 281 g/mol. The molecule has 4 heteroatoms. The van der Waals surface area contributed by atoms with E-state index in [4.69, 9.17) is 9.47 Å². The van der Waals surface area contributed by atoms with Gasteiger partial charge in [-0.3, -0.25) is 4.90 Å². The van der Waals surface area contributed by atoms with E-state index in [-0.39, 0.29) is 11.9 Å². The molecule has 0 aromatic heterocycles. The first-order valence-corrected chi connectivity index (χ1v) is 7.47. The fourth-order valence-corrected chi connectivity index (χ4v) is 2.71. The number of benzene rings is 2. The predicted molar refractivity (Wildman–Crippen MR) is 83.4 cm³/mol. The van der Waals surface area contributed by atoms with E-state index in [0.29, 0.717) is 6.61 Å². The molecule has 3 nitrogen and oxygen atoms in total. The molecule has 1 atom stereocenters. The summed E-state index contributed by atoms with van der Waals surface area (Å²) in [6, 6.07) is 14.7. The Bertz CT molecular complexity index is 597. The molecule has 0 spiro atoms. The molecule has 2 aromatic rings. The van der Waals surface area contributed by atoms with Crippen molar-refractivity contribution in [1.82, 2.24) is 4.90 Å². The van der Waals surface area contributed by atoms with Crippen molar-refractivity contribution < 1.29 is 13.9 Å². The Balaban J connectivity index is 1.63. The maximum atomic E-state index is 13.0. The van der Waals surface area contributed by atoms with E-state index in [1.165, 1.54) is 17.7 Å². The highest BCUT2D eigenvalue weighted by atomic mass is 19.1. The molecule has 1 aliphatic rings. The maximum Gasteiger partial charge on any atom is 0.123 e. The molecule has 3 rings (SSSR count). The molecule has 0 aliphatic carbocycles. The average molecular weight is 301 g/mol. The minimum Gasteiger partial charge on any atom is -0.497 e. The summed E-state index contributed by atoms with van der Waals surface area (Å²) in [5.74, 6) is 0.657. The van der Waals surface area contributed by atoms with Crippen LogP contribution in [0.25, 0.3) is 0 Å². The molecule has 1 fully saturated rings. The van der Waals surface area contributed by atoms with Gasteiger partial charge in [0.2, 0.25) is 0 Å². The van der Waals surface area contributed by atoms with E-state index in [1.807, 2.05) is 12.1 Å². The summed E-state index contributed by atoms with van der Waals surface area (Å²) >= 11 is 0. The van der Waals surface area contributed by atoms with Crippen molar-refractivity contribution in [1.29, 1.82) is 0 Å². The Labute approximate surface area is 130 Å². The average Bonchev–Trinajstić information content (AvgIpc) is 2.56. The van der Waals surface area contributed by atoms with Crippen LogP contribution in [-0.2, 0) is 11.3 Å². The van der Waals surface area contributed by atoms with Crippen molar-refractivity contribution in [3.05, 3.63) is 65.5 Å². The summed E-state index contributed by atoms with van der Waals surface area (Å²) in [5, 5.41) is 0. The van der Waals surface area contributed by atoms with Crippen molar-refractivity contribution in [2.75, 3.05) is 26.8 Å². The lowest BCUT2D eigenvalue weighted by Crippen LogP contribution is -2.37. The first-order valence-electron chi connectivity index (χ1n) is 7.47. The third-order valence-electron chi connectivity index (χ3n) is 3.96. The van der Waals surface area contributed by atoms with Gasteiger partial charge in [-0.1, -0.05) is 24.3 Å². The van der Waals surface area contributed by atoms with Crippen LogP contribution in [0.5, 0.6) is 5.75 Å². The fourth-order valence-electron chi connectivity index (χ4n) is 2.71. The van der Waals surface area contributed by atoms with Gasteiger partial charge in [-0.2, -0.15) is 0 Å². The fraction of sp³-hybridized carbons (Fsp3) is 0.333. The summed E-state index contributed by atoms with van der Waals surface area (Å²) in [6.45, 7) is 3.30. The standard InChI is InChI=1S/C18H20FNO2/c1-21-17-8-2-14(3-9-17)12-20-10-11-22-18(13-20)15-4-6-16(19)7-5-15/h2-9,18H,10-13H2,1H3/t18-/m0/s1. The number of halogens is 1. The Morgan fingerprint density at radius 1 is 1.14 bits per heavy atom. The summed E-state index contributed by atoms with van der Waals surface area (Å²) in [4.78, 5) is 2.36. The molecular formula is C18H20FNO2. The monoisotopic (exact) mass is 301 g/mol. The molecule has 1 heterocycles. The second-order valence-corrected chi connectivity index (χ2v) is 5.49. The molecule has 0 unspecified atom stereocenters. The van der Waals surface area contributed by atoms with Crippen molar-refractivity contribution in [2.24, 2.45) is 0 Å². The number of morpholine rings is 1. The molecule has 1 saturated heterocycles. The van der Waals surface area contributed by atoms with Gasteiger partial charge in [0, 0.05) is 19.6 Å². The number of ether oxygens (including phenoxy) is 2. The van der Waals surface area contributed by atoms with Crippen LogP contribution >= 0.6 is 0 Å². The highest BCUT2D eigenvalue weighted by Crippen LogP contribution is 2.24. The van der Waals surface area contributed by atoms with E-state index in [2.05, 4.69) is 17.0 Å². The van der Waals surface area contributed by atoms with Crippen LogP contribution in [0.3, 0.4) is 0 Å². The van der Waals surface area contributed by atoms with Gasteiger partial charge in [-0.25, -0.2) is 4.39 Å². The van der Waals surface area contributed by atoms with E-state index in [9.17, 15) is 4.39 Å². The maximum absolute atomic E-state index is 13.0. The summed E-state index contributed by atoms with van der Waals surface area (Å²) in [6.07, 6.45) is 0.00704. The van der Waals surface area contributed by atoms with Crippen molar-refractivity contribution in [3.8, 4) is 5.75 Å². The van der Waals surface area contributed by atoms with E-state index < -0.39 is 0 Å². The smallest absolute Gasteiger partial charge is 0.123 e. The first-order chi connectivity index (χ1) is 10.7. The Hall–Kier alpha value is -1.91. The number of hydrogen-bond acceptors (Lipinski definition) is 3. The van der Waals surface area contributed by atoms with Crippen LogP contribution in [0.1, 0.15) is 17.2 Å². The number of rotatable bonds is 4. The van der Waals surface area contributed by atoms with Crippen LogP contribution in [0.4, 0.5) is 4.39 Å². The minimum atomic E-state index is -0.213. The van der Waals surface area contributed by atoms with Crippen LogP contribution in [0, 0.1) is 5.82 Å². The normalized spacial score (nSPS) is 19.1. The van der Waals surface area contributed by atoms with E-state index >= 15 is 0 Å². The van der Waals surface area contributed by atoms with Gasteiger partial charge < -0.3 is 9.47 Å². The van der Waals surface area contributed by atoms with E-state index in [0.717, 1.165) is 30.9 Å². The third-order valence-corrected chi connectivity index (χ3v) is 3.96. The van der Waals surface area contributed by atoms with Crippen molar-refractivity contribution in [2.45, 2.75) is 12.6 Å². The molecule has 116 valence electrons. The van der Waals surface area contributed by atoms with E-state index in [1.54, 1.807) is 19.2 Å². The molecule has 2 aromatic carbocycles. The van der Waals surface area contributed by atoms with Gasteiger partial charge in [0.1, 0.15) is 11.6 Å². The quantitative estimate of drug-likeness (QED) is 0.864. The van der Waals surface area contributed by atoms with Gasteiger partial charge >= 0.3 is 0 Å². The van der Waals surface area contributed by atoms with Gasteiger partial charge in [-0.05, 0) is 35.4 Å². The second-order valence-electron chi connectivity index (χ2n) is 5.49. The van der Waals surface area contributed by atoms with Crippen LogP contribution in [0.15, 0.2) is 48.5 Å². The Morgan fingerprint density at radius 3 is 2.55 bits per heavy atom. The highest BCUT2D eigenvalue weighted by molar-refractivity contribution is 5.27. The van der Waals surface area contributed by atoms with Crippen molar-refractivity contribution in [3.63, 3.8) is 0 Å². The van der Waals surface area contributed by atoms with Gasteiger partial charge in [0.05, 0.1) is 19.8 Å². The lowest BCUT2D eigenvalue weighted by molar-refractivity contribution is -0.0329. The zero-order valence-corrected chi connectivity index (χ0v) is 12.7. The van der Waals surface area contributed by atoms with Gasteiger partial charge in [0.25, 0.3) is 0 Å². The minimum absolute atomic E-state index is 0.00704. The molecule has 0 amide bonds. The molecule has 0 bridgehead atoms. The Morgan fingerprint density at radius 2 is 1.86 bits per heavy atom. The molecule has 1 aliphatic heterocycles. The lowest BCUT2D eigenvalue weighted by atomic mass is 10.1. The first kappa shape index (κ1) is 15.0. The third kappa shape index (κ3) is 3.64. The topological polar surface area (TPSA) is 21.7 Å². The zero-order chi connectivity index (χ0) is 15.4. The SMILES string of the molecule is COc1ccc(CN2CCO[C@H](c3ccc(F)cc3)C2)cc1. The van der Waals surface area contributed by atoms with Crippen molar-refractivity contribution >= 4 is 0 Å². The number of nitrogens with zero attached hydrogens (tertiary/aromatic N) is 1. The predicted octanol–water partition coefficient (Wildman–Crippen LogP) is 3.41. The van der Waals surface area contributed by atoms with Gasteiger partial charge in [0.15, 0.2) is 0 Å². The number of methoxy groups -OCH3 is 1. The lowest BCUT2D eigenvalue weighted by Gasteiger charge is -2.33. The largest absolute Gasteiger partial charge is 0.497 e. The Kier molecular flexibility index (Phi) is 4.71. The summed E-state index contributed by atoms with van der Waals surface area (Å²) < 4.78 is 24.0. The molecule has 0 radical (unpaired) electrons. The molecule has 0 saturated carbocycles.